The van der Waals surface area contributed by atoms with Crippen LogP contribution in [0.25, 0.3) is 0 Å². The van der Waals surface area contributed by atoms with Crippen molar-refractivity contribution in [3.05, 3.63) is 66.5 Å². The Hall–Kier alpha value is -2.48. The van der Waals surface area contributed by atoms with Crippen molar-refractivity contribution in [1.82, 2.24) is 4.98 Å². The minimum atomic E-state index is -0.643. The lowest BCUT2D eigenvalue weighted by atomic mass is 10.1. The molecule has 0 saturated heterocycles. The van der Waals surface area contributed by atoms with Gasteiger partial charge < -0.3 is 10.3 Å². The third-order valence-corrected chi connectivity index (χ3v) is 3.46. The summed E-state index contributed by atoms with van der Waals surface area (Å²) in [4.78, 5) is 36.6. The molecule has 0 aliphatic heterocycles. The number of pyridine rings is 1. The molecule has 108 valence electrons. The van der Waals surface area contributed by atoms with Crippen molar-refractivity contribution < 1.29 is 9.72 Å². The Morgan fingerprint density at radius 1 is 1.43 bits per heavy atom. The molecular weight excluding hydrogens is 342 g/mol. The number of anilines is 1. The number of nitro groups is 1. The fourth-order valence-electron chi connectivity index (χ4n) is 1.74. The molecule has 21 heavy (non-hydrogen) atoms. The molecule has 0 spiro atoms. The molecule has 0 radical (unpaired) electrons. The van der Waals surface area contributed by atoms with Crippen molar-refractivity contribution in [2.75, 3.05) is 5.32 Å². The van der Waals surface area contributed by atoms with E-state index in [2.05, 4.69) is 26.2 Å². The van der Waals surface area contributed by atoms with Crippen molar-refractivity contribution in [2.24, 2.45) is 0 Å². The molecule has 0 fully saturated rings. The summed E-state index contributed by atoms with van der Waals surface area (Å²) in [6.07, 6.45) is 2.68. The number of hydrogen-bond acceptors (Lipinski definition) is 4. The van der Waals surface area contributed by atoms with Gasteiger partial charge in [0.2, 0.25) is 0 Å². The van der Waals surface area contributed by atoms with E-state index in [1.807, 2.05) is 0 Å². The second-order valence-corrected chi connectivity index (χ2v) is 5.11. The molecule has 0 aliphatic carbocycles. The molecule has 8 heteroatoms. The largest absolute Gasteiger partial charge is 0.367 e. The Balaban J connectivity index is 2.38. The Morgan fingerprint density at radius 3 is 2.76 bits per heavy atom. The van der Waals surface area contributed by atoms with E-state index in [1.54, 1.807) is 6.92 Å². The lowest BCUT2D eigenvalue weighted by Crippen LogP contribution is -2.21. The minimum Gasteiger partial charge on any atom is -0.367 e. The summed E-state index contributed by atoms with van der Waals surface area (Å²) in [6, 6.07) is 4.00. The van der Waals surface area contributed by atoms with Crippen LogP contribution in [-0.2, 0) is 0 Å². The van der Waals surface area contributed by atoms with Gasteiger partial charge in [-0.2, -0.15) is 0 Å². The number of halogens is 1. The number of hydrogen-bond donors (Lipinski definition) is 2. The number of aromatic amines is 1. The van der Waals surface area contributed by atoms with E-state index < -0.39 is 16.3 Å². The molecule has 2 aromatic rings. The first-order valence-corrected chi connectivity index (χ1v) is 6.62. The Morgan fingerprint density at radius 2 is 2.14 bits per heavy atom. The van der Waals surface area contributed by atoms with Crippen LogP contribution in [0, 0.1) is 17.0 Å². The van der Waals surface area contributed by atoms with Gasteiger partial charge in [0.25, 0.3) is 11.6 Å². The molecule has 1 aromatic carbocycles. The number of carbonyl (C=O) groups excluding carboxylic acids is 1. The van der Waals surface area contributed by atoms with Gasteiger partial charge in [-0.25, -0.2) is 0 Å². The summed E-state index contributed by atoms with van der Waals surface area (Å²) in [5, 5.41) is 13.4. The normalized spacial score (nSPS) is 10.2. The van der Waals surface area contributed by atoms with Crippen LogP contribution in [0.1, 0.15) is 15.9 Å². The predicted molar refractivity (Wildman–Crippen MR) is 80.5 cm³/mol. The number of aryl methyl sites for hydroxylation is 1. The number of amides is 1. The standard InChI is InChI=1S/C13H10BrN3O4/c1-7-4-9(14)10(5-11(7)17(20)21)16-13(19)8-6-15-3-2-12(8)18/h2-6H,1H3,(H,15,18)(H,16,19). The lowest BCUT2D eigenvalue weighted by molar-refractivity contribution is -0.385. The zero-order chi connectivity index (χ0) is 15.6. The minimum absolute atomic E-state index is 0.0763. The number of carbonyl (C=O) groups is 1. The van der Waals surface area contributed by atoms with Gasteiger partial charge in [0, 0.05) is 34.6 Å². The summed E-state index contributed by atoms with van der Waals surface area (Å²) in [7, 11) is 0. The maximum absolute atomic E-state index is 12.0. The summed E-state index contributed by atoms with van der Waals surface area (Å²) in [5.41, 5.74) is 0.0510. The van der Waals surface area contributed by atoms with Crippen LogP contribution in [-0.4, -0.2) is 15.8 Å². The monoisotopic (exact) mass is 351 g/mol. The topological polar surface area (TPSA) is 105 Å². The molecule has 0 unspecified atom stereocenters. The molecule has 1 amide bonds. The van der Waals surface area contributed by atoms with Crippen LogP contribution in [0.4, 0.5) is 11.4 Å². The zero-order valence-electron chi connectivity index (χ0n) is 10.8. The smallest absolute Gasteiger partial charge is 0.274 e. The summed E-state index contributed by atoms with van der Waals surface area (Å²) < 4.78 is 0.492. The molecule has 0 saturated carbocycles. The number of benzene rings is 1. The molecule has 0 aliphatic rings. The molecule has 0 bridgehead atoms. The van der Waals surface area contributed by atoms with Crippen LogP contribution in [0.3, 0.4) is 0 Å². The van der Waals surface area contributed by atoms with E-state index in [0.717, 1.165) is 0 Å². The highest BCUT2D eigenvalue weighted by molar-refractivity contribution is 9.10. The van der Waals surface area contributed by atoms with E-state index in [4.69, 9.17) is 0 Å². The predicted octanol–water partition coefficient (Wildman–Crippen LogP) is 2.61. The van der Waals surface area contributed by atoms with Crippen molar-refractivity contribution in [1.29, 1.82) is 0 Å². The molecule has 7 nitrogen and oxygen atoms in total. The first kappa shape index (κ1) is 14.9. The van der Waals surface area contributed by atoms with E-state index in [9.17, 15) is 19.7 Å². The number of rotatable bonds is 3. The number of H-pyrrole nitrogens is 1. The van der Waals surface area contributed by atoms with Crippen LogP contribution < -0.4 is 10.7 Å². The number of nitro benzene ring substituents is 1. The molecule has 0 atom stereocenters. The number of nitrogens with zero attached hydrogens (tertiary/aromatic N) is 1. The highest BCUT2D eigenvalue weighted by Crippen LogP contribution is 2.30. The average Bonchev–Trinajstić information content (AvgIpc) is 2.41. The fraction of sp³-hybridized carbons (Fsp3) is 0.0769. The van der Waals surface area contributed by atoms with E-state index >= 15 is 0 Å². The summed E-state index contributed by atoms with van der Waals surface area (Å²) in [6.45, 7) is 1.59. The van der Waals surface area contributed by atoms with Crippen LogP contribution in [0.2, 0.25) is 0 Å². The Kier molecular flexibility index (Phi) is 4.18. The molecule has 1 heterocycles. The van der Waals surface area contributed by atoms with E-state index in [0.29, 0.717) is 10.0 Å². The zero-order valence-corrected chi connectivity index (χ0v) is 12.4. The maximum Gasteiger partial charge on any atom is 0.274 e. The van der Waals surface area contributed by atoms with Gasteiger partial charge >= 0.3 is 0 Å². The molecular formula is C13H10BrN3O4. The van der Waals surface area contributed by atoms with Crippen molar-refractivity contribution in [2.45, 2.75) is 6.92 Å². The molecule has 1 aromatic heterocycles. The van der Waals surface area contributed by atoms with Gasteiger partial charge in [0.05, 0.1) is 10.6 Å². The van der Waals surface area contributed by atoms with E-state index in [-0.39, 0.29) is 16.9 Å². The quantitative estimate of drug-likeness (QED) is 0.654. The summed E-state index contributed by atoms with van der Waals surface area (Å²) >= 11 is 3.23. The first-order valence-electron chi connectivity index (χ1n) is 5.83. The number of nitrogens with one attached hydrogen (secondary N) is 2. The second kappa shape index (κ2) is 5.88. The van der Waals surface area contributed by atoms with Gasteiger partial charge in [-0.1, -0.05) is 0 Å². The van der Waals surface area contributed by atoms with Crippen molar-refractivity contribution in [3.63, 3.8) is 0 Å². The molecule has 2 rings (SSSR count). The van der Waals surface area contributed by atoms with Crippen LogP contribution in [0.15, 0.2) is 39.9 Å². The third-order valence-electron chi connectivity index (χ3n) is 2.80. The highest BCUT2D eigenvalue weighted by atomic mass is 79.9. The lowest BCUT2D eigenvalue weighted by Gasteiger charge is -2.08. The Bertz CT molecular complexity index is 785. The van der Waals surface area contributed by atoms with Gasteiger partial charge in [-0.05, 0) is 28.9 Å². The van der Waals surface area contributed by atoms with Gasteiger partial charge in [0.1, 0.15) is 5.56 Å². The maximum atomic E-state index is 12.0. The average molecular weight is 352 g/mol. The second-order valence-electron chi connectivity index (χ2n) is 4.25. The summed E-state index contributed by atoms with van der Waals surface area (Å²) in [5.74, 6) is -0.643. The van der Waals surface area contributed by atoms with Crippen molar-refractivity contribution >= 4 is 33.2 Å². The number of aromatic nitrogens is 1. The first-order chi connectivity index (χ1) is 9.90. The SMILES string of the molecule is Cc1cc(Br)c(NC(=O)c2c[nH]ccc2=O)cc1[N+](=O)[O-]. The van der Waals surface area contributed by atoms with Gasteiger partial charge in [-0.3, -0.25) is 19.7 Å². The third kappa shape index (κ3) is 3.16. The Labute approximate surface area is 127 Å². The van der Waals surface area contributed by atoms with Crippen molar-refractivity contribution in [3.8, 4) is 0 Å². The van der Waals surface area contributed by atoms with Gasteiger partial charge in [-0.15, -0.1) is 0 Å². The van der Waals surface area contributed by atoms with E-state index in [1.165, 1.54) is 30.6 Å². The highest BCUT2D eigenvalue weighted by Gasteiger charge is 2.17. The van der Waals surface area contributed by atoms with Crippen LogP contribution in [0.5, 0.6) is 0 Å². The molecule has 2 N–H and O–H groups in total. The van der Waals surface area contributed by atoms with Gasteiger partial charge in [0.15, 0.2) is 5.43 Å². The van der Waals surface area contributed by atoms with Crippen LogP contribution >= 0.6 is 15.9 Å². The fourth-order valence-corrected chi connectivity index (χ4v) is 2.29.